The van der Waals surface area contributed by atoms with Gasteiger partial charge in [0, 0.05) is 25.4 Å². The van der Waals surface area contributed by atoms with E-state index in [1.807, 2.05) is 18.9 Å². The van der Waals surface area contributed by atoms with E-state index >= 15 is 0 Å². The average molecular weight is 225 g/mol. The van der Waals surface area contributed by atoms with Crippen molar-refractivity contribution in [2.75, 3.05) is 26.7 Å². The highest BCUT2D eigenvalue weighted by Gasteiger charge is 2.26. The van der Waals surface area contributed by atoms with E-state index in [1.165, 1.54) is 0 Å². The lowest BCUT2D eigenvalue weighted by atomic mass is 10.0. The van der Waals surface area contributed by atoms with Gasteiger partial charge in [-0.1, -0.05) is 20.3 Å². The highest BCUT2D eigenvalue weighted by molar-refractivity contribution is 6.00. The Labute approximate surface area is 98.1 Å². The molecule has 1 rings (SSSR count). The summed E-state index contributed by atoms with van der Waals surface area (Å²) >= 11 is 0. The number of rotatable bonds is 6. The Morgan fingerprint density at radius 3 is 3.00 bits per heavy atom. The first kappa shape index (κ1) is 13.2. The van der Waals surface area contributed by atoms with Gasteiger partial charge in [-0.05, 0) is 13.5 Å². The molecule has 92 valence electrons. The predicted molar refractivity (Wildman–Crippen MR) is 66.6 cm³/mol. The van der Waals surface area contributed by atoms with Crippen LogP contribution in [0.3, 0.4) is 0 Å². The second-order valence-electron chi connectivity index (χ2n) is 4.33. The molecule has 1 heterocycles. The zero-order valence-electron chi connectivity index (χ0n) is 10.6. The van der Waals surface area contributed by atoms with Crippen molar-refractivity contribution in [1.82, 2.24) is 10.2 Å². The Kier molecular flexibility index (Phi) is 5.46. The number of aliphatic imine (C=N–C) groups is 1. The van der Waals surface area contributed by atoms with Gasteiger partial charge in [-0.25, -0.2) is 0 Å². The normalized spacial score (nSPS) is 17.4. The molecule has 0 saturated carbocycles. The van der Waals surface area contributed by atoms with E-state index in [2.05, 4.69) is 17.2 Å². The molecule has 0 fully saturated rings. The fraction of sp³-hybridized carbons (Fsp3) is 0.833. The van der Waals surface area contributed by atoms with Gasteiger partial charge in [0.15, 0.2) is 0 Å². The predicted octanol–water partition coefficient (Wildman–Crippen LogP) is 1.27. The van der Waals surface area contributed by atoms with Crippen molar-refractivity contribution in [3.8, 4) is 0 Å². The highest BCUT2D eigenvalue weighted by Crippen LogP contribution is 2.14. The van der Waals surface area contributed by atoms with E-state index in [0.717, 1.165) is 44.7 Å². The average Bonchev–Trinajstić information content (AvgIpc) is 2.73. The van der Waals surface area contributed by atoms with Crippen molar-refractivity contribution < 1.29 is 4.79 Å². The molecule has 1 N–H and O–H groups in total. The first-order valence-corrected chi connectivity index (χ1v) is 6.20. The minimum Gasteiger partial charge on any atom is -0.319 e. The fourth-order valence-electron chi connectivity index (χ4n) is 2.00. The first-order valence-electron chi connectivity index (χ1n) is 6.20. The lowest BCUT2D eigenvalue weighted by Gasteiger charge is -2.22. The molecule has 0 spiro atoms. The summed E-state index contributed by atoms with van der Waals surface area (Å²) in [6, 6.07) is 0. The molecule has 1 aliphatic rings. The summed E-state index contributed by atoms with van der Waals surface area (Å²) in [6.07, 6.45) is 2.87. The molecular weight excluding hydrogens is 202 g/mol. The topological polar surface area (TPSA) is 44.7 Å². The van der Waals surface area contributed by atoms with Crippen LogP contribution in [-0.4, -0.2) is 43.3 Å². The van der Waals surface area contributed by atoms with E-state index < -0.39 is 0 Å². The Bertz CT molecular complexity index is 263. The van der Waals surface area contributed by atoms with E-state index in [-0.39, 0.29) is 11.8 Å². The summed E-state index contributed by atoms with van der Waals surface area (Å²) in [5.41, 5.74) is 0. The molecule has 1 atom stereocenters. The Morgan fingerprint density at radius 2 is 2.38 bits per heavy atom. The maximum atomic E-state index is 12.1. The molecule has 0 saturated heterocycles. The van der Waals surface area contributed by atoms with E-state index in [0.29, 0.717) is 0 Å². The van der Waals surface area contributed by atoms with Crippen molar-refractivity contribution in [2.24, 2.45) is 10.9 Å². The largest absolute Gasteiger partial charge is 0.319 e. The van der Waals surface area contributed by atoms with Gasteiger partial charge < -0.3 is 5.32 Å². The summed E-state index contributed by atoms with van der Waals surface area (Å²) in [5.74, 6) is 1.33. The van der Waals surface area contributed by atoms with Gasteiger partial charge in [-0.3, -0.25) is 14.7 Å². The van der Waals surface area contributed by atoms with Gasteiger partial charge in [-0.2, -0.15) is 0 Å². The Morgan fingerprint density at radius 1 is 1.62 bits per heavy atom. The lowest BCUT2D eigenvalue weighted by molar-refractivity contribution is -0.130. The summed E-state index contributed by atoms with van der Waals surface area (Å²) in [7, 11) is 1.92. The third-order valence-electron chi connectivity index (χ3n) is 2.94. The van der Waals surface area contributed by atoms with Crippen LogP contribution in [0.15, 0.2) is 4.99 Å². The monoisotopic (exact) mass is 225 g/mol. The molecule has 1 unspecified atom stereocenters. The molecule has 1 aliphatic heterocycles. The van der Waals surface area contributed by atoms with Crippen LogP contribution in [0.2, 0.25) is 0 Å². The number of nitrogens with zero attached hydrogens (tertiary/aromatic N) is 2. The van der Waals surface area contributed by atoms with E-state index in [4.69, 9.17) is 0 Å². The zero-order chi connectivity index (χ0) is 12.0. The number of nitrogens with one attached hydrogen (secondary N) is 1. The molecule has 0 bridgehead atoms. The number of amidine groups is 1. The molecular formula is C12H23N3O. The first-order chi connectivity index (χ1) is 7.70. The number of carbonyl (C=O) groups excluding carboxylic acids is 1. The van der Waals surface area contributed by atoms with Crippen LogP contribution in [0.25, 0.3) is 0 Å². The van der Waals surface area contributed by atoms with Gasteiger partial charge in [0.1, 0.15) is 5.84 Å². The minimum absolute atomic E-state index is 0.128. The molecule has 1 amide bonds. The molecule has 0 radical (unpaired) electrons. The number of amides is 1. The molecule has 4 nitrogen and oxygen atoms in total. The summed E-state index contributed by atoms with van der Waals surface area (Å²) in [6.45, 7) is 6.55. The standard InChI is InChI=1S/C12H23N3O/c1-4-5-10(2)12(16)15-9-8-14-11(15)6-7-13-3/h10,13H,4-9H2,1-3H3. The van der Waals surface area contributed by atoms with Crippen molar-refractivity contribution in [2.45, 2.75) is 33.1 Å². The molecule has 0 aromatic carbocycles. The molecule has 0 aliphatic carbocycles. The quantitative estimate of drug-likeness (QED) is 0.740. The van der Waals surface area contributed by atoms with Crippen LogP contribution in [0.1, 0.15) is 33.1 Å². The van der Waals surface area contributed by atoms with Crippen LogP contribution < -0.4 is 5.32 Å². The number of hydrogen-bond donors (Lipinski definition) is 1. The van der Waals surface area contributed by atoms with Crippen LogP contribution >= 0.6 is 0 Å². The minimum atomic E-state index is 0.128. The van der Waals surface area contributed by atoms with Gasteiger partial charge >= 0.3 is 0 Å². The van der Waals surface area contributed by atoms with E-state index in [1.54, 1.807) is 0 Å². The number of hydrogen-bond acceptors (Lipinski definition) is 3. The fourth-order valence-corrected chi connectivity index (χ4v) is 2.00. The third-order valence-corrected chi connectivity index (χ3v) is 2.94. The lowest BCUT2D eigenvalue weighted by Crippen LogP contribution is -2.38. The second kappa shape index (κ2) is 6.63. The number of carbonyl (C=O) groups is 1. The summed E-state index contributed by atoms with van der Waals surface area (Å²) < 4.78 is 0. The van der Waals surface area contributed by atoms with Crippen molar-refractivity contribution in [3.05, 3.63) is 0 Å². The maximum absolute atomic E-state index is 12.1. The van der Waals surface area contributed by atoms with Crippen LogP contribution in [0.4, 0.5) is 0 Å². The third kappa shape index (κ3) is 3.30. The highest BCUT2D eigenvalue weighted by atomic mass is 16.2. The van der Waals surface area contributed by atoms with Gasteiger partial charge in [0.05, 0.1) is 6.54 Å². The Balaban J connectivity index is 2.52. The molecule has 16 heavy (non-hydrogen) atoms. The van der Waals surface area contributed by atoms with Gasteiger partial charge in [-0.15, -0.1) is 0 Å². The summed E-state index contributed by atoms with van der Waals surface area (Å²) in [4.78, 5) is 18.4. The van der Waals surface area contributed by atoms with Crippen molar-refractivity contribution in [1.29, 1.82) is 0 Å². The molecule has 0 aromatic rings. The second-order valence-corrected chi connectivity index (χ2v) is 4.33. The molecule has 4 heteroatoms. The zero-order valence-corrected chi connectivity index (χ0v) is 10.6. The van der Waals surface area contributed by atoms with Crippen LogP contribution in [0.5, 0.6) is 0 Å². The van der Waals surface area contributed by atoms with Gasteiger partial charge in [0.25, 0.3) is 0 Å². The molecule has 0 aromatic heterocycles. The van der Waals surface area contributed by atoms with Crippen LogP contribution in [-0.2, 0) is 4.79 Å². The smallest absolute Gasteiger partial charge is 0.230 e. The van der Waals surface area contributed by atoms with E-state index in [9.17, 15) is 4.79 Å². The maximum Gasteiger partial charge on any atom is 0.230 e. The SMILES string of the molecule is CCCC(C)C(=O)N1CCN=C1CCNC. The van der Waals surface area contributed by atoms with Crippen molar-refractivity contribution in [3.63, 3.8) is 0 Å². The van der Waals surface area contributed by atoms with Crippen molar-refractivity contribution >= 4 is 11.7 Å². The Hall–Kier alpha value is -0.900. The summed E-state index contributed by atoms with van der Waals surface area (Å²) in [5, 5.41) is 3.09. The van der Waals surface area contributed by atoms with Gasteiger partial charge in [0.2, 0.25) is 5.91 Å². The van der Waals surface area contributed by atoms with Crippen LogP contribution in [0, 0.1) is 5.92 Å².